The first kappa shape index (κ1) is 13.2. The summed E-state index contributed by atoms with van der Waals surface area (Å²) < 4.78 is 11.8. The van der Waals surface area contributed by atoms with E-state index in [0.717, 1.165) is 0 Å². The van der Waals surface area contributed by atoms with Crippen LogP contribution in [0.2, 0.25) is 0 Å². The lowest BCUT2D eigenvalue weighted by molar-refractivity contribution is -0.139. The molecule has 2 aliphatic rings. The van der Waals surface area contributed by atoms with Crippen molar-refractivity contribution >= 4 is 40.8 Å². The van der Waals surface area contributed by atoms with E-state index in [-0.39, 0.29) is 11.5 Å². The Hall–Kier alpha value is -0.250. The summed E-state index contributed by atoms with van der Waals surface area (Å²) >= 11 is 17.7. The molecule has 0 spiro atoms. The second-order valence-electron chi connectivity index (χ2n) is 4.74. The molecule has 0 aromatic heterocycles. The van der Waals surface area contributed by atoms with Gasteiger partial charge in [0.05, 0.1) is 11.0 Å². The number of carboxylic acids is 1. The Morgan fingerprint density at radius 1 is 1.59 bits per heavy atom. The molecule has 1 saturated carbocycles. The molecule has 17 heavy (non-hydrogen) atoms. The van der Waals surface area contributed by atoms with Gasteiger partial charge in [-0.05, 0) is 17.9 Å². The molecular weight excluding hydrogens is 289 g/mol. The van der Waals surface area contributed by atoms with Gasteiger partial charge in [0.1, 0.15) is 10.2 Å². The number of carbonyl (C=O) groups is 1. The average Bonchev–Trinajstić information content (AvgIpc) is 2.77. The summed E-state index contributed by atoms with van der Waals surface area (Å²) in [4.78, 5) is 11.0. The lowest BCUT2D eigenvalue weighted by Gasteiger charge is -2.29. The molecule has 0 aliphatic heterocycles. The number of hydrogen-bond donors (Lipinski definition) is 1. The molecule has 94 valence electrons. The third-order valence-electron chi connectivity index (χ3n) is 3.44. The summed E-state index contributed by atoms with van der Waals surface area (Å²) in [7, 11) is 0. The molecule has 2 aliphatic carbocycles. The standard InChI is InChI=1S/C11H10Cl3FO2/c1-10(3-2-6(15)5(12)4-10)8-7(9(16)17)11(8,13)14/h2-3,7-8H,4H2,1H3,(H,16,17)/t7-,8-,10?/m0/s1. The van der Waals surface area contributed by atoms with Crippen LogP contribution in [0.15, 0.2) is 23.0 Å². The summed E-state index contributed by atoms with van der Waals surface area (Å²) in [6, 6.07) is 0. The highest BCUT2D eigenvalue weighted by atomic mass is 35.5. The molecule has 0 bridgehead atoms. The van der Waals surface area contributed by atoms with Crippen molar-refractivity contribution in [2.75, 3.05) is 0 Å². The molecule has 0 heterocycles. The molecule has 0 radical (unpaired) electrons. The van der Waals surface area contributed by atoms with Crippen molar-refractivity contribution in [2.45, 2.75) is 17.7 Å². The minimum absolute atomic E-state index is 0.0789. The Morgan fingerprint density at radius 3 is 2.59 bits per heavy atom. The summed E-state index contributed by atoms with van der Waals surface area (Å²) in [6.45, 7) is 1.78. The van der Waals surface area contributed by atoms with Gasteiger partial charge in [-0.2, -0.15) is 0 Å². The Bertz CT molecular complexity index is 444. The van der Waals surface area contributed by atoms with Gasteiger partial charge >= 0.3 is 5.97 Å². The van der Waals surface area contributed by atoms with Gasteiger partial charge < -0.3 is 5.11 Å². The average molecular weight is 300 g/mol. The summed E-state index contributed by atoms with van der Waals surface area (Å²) in [6.07, 6.45) is 3.06. The van der Waals surface area contributed by atoms with E-state index < -0.39 is 33.4 Å². The summed E-state index contributed by atoms with van der Waals surface area (Å²) in [5.41, 5.74) is -0.626. The van der Waals surface area contributed by atoms with Crippen LogP contribution in [0.5, 0.6) is 0 Å². The highest BCUT2D eigenvalue weighted by molar-refractivity contribution is 6.52. The van der Waals surface area contributed by atoms with Crippen LogP contribution in [0.1, 0.15) is 13.3 Å². The minimum atomic E-state index is -1.31. The van der Waals surface area contributed by atoms with Crippen LogP contribution >= 0.6 is 34.8 Å². The Labute approximate surface area is 113 Å². The Balaban J connectivity index is 2.27. The topological polar surface area (TPSA) is 37.3 Å². The first-order chi connectivity index (χ1) is 7.70. The minimum Gasteiger partial charge on any atom is -0.481 e. The van der Waals surface area contributed by atoms with Gasteiger partial charge in [0.2, 0.25) is 0 Å². The van der Waals surface area contributed by atoms with E-state index in [1.54, 1.807) is 13.0 Å². The fraction of sp³-hybridized carbons (Fsp3) is 0.545. The lowest BCUT2D eigenvalue weighted by atomic mass is 9.78. The SMILES string of the molecule is CC1([C@@H]2[C@@H](C(=O)O)C2(Cl)Cl)C=CC(F)=C(Cl)C1. The maximum absolute atomic E-state index is 13.1. The van der Waals surface area contributed by atoms with Gasteiger partial charge in [-0.15, -0.1) is 23.2 Å². The molecule has 1 N–H and O–H groups in total. The first-order valence-corrected chi connectivity index (χ1v) is 6.17. The highest BCUT2D eigenvalue weighted by Crippen LogP contribution is 2.68. The van der Waals surface area contributed by atoms with E-state index in [1.807, 2.05) is 0 Å². The number of hydrogen-bond acceptors (Lipinski definition) is 1. The number of rotatable bonds is 2. The van der Waals surface area contributed by atoms with Crippen LogP contribution in [-0.4, -0.2) is 15.4 Å². The number of alkyl halides is 2. The zero-order valence-corrected chi connectivity index (χ0v) is 11.2. The van der Waals surface area contributed by atoms with E-state index in [0.29, 0.717) is 0 Å². The van der Waals surface area contributed by atoms with Crippen molar-refractivity contribution < 1.29 is 14.3 Å². The molecule has 0 aromatic carbocycles. The van der Waals surface area contributed by atoms with E-state index in [2.05, 4.69) is 0 Å². The number of halogens is 4. The molecule has 1 unspecified atom stereocenters. The van der Waals surface area contributed by atoms with Gasteiger partial charge in [0.25, 0.3) is 0 Å². The molecule has 0 saturated heterocycles. The lowest BCUT2D eigenvalue weighted by Crippen LogP contribution is -2.22. The van der Waals surface area contributed by atoms with Gasteiger partial charge in [0, 0.05) is 5.92 Å². The number of aliphatic carboxylic acids is 1. The van der Waals surface area contributed by atoms with Crippen LogP contribution in [0.25, 0.3) is 0 Å². The largest absolute Gasteiger partial charge is 0.481 e. The van der Waals surface area contributed by atoms with Crippen molar-refractivity contribution in [2.24, 2.45) is 17.3 Å². The van der Waals surface area contributed by atoms with Gasteiger partial charge in [0.15, 0.2) is 0 Å². The molecule has 2 rings (SSSR count). The van der Waals surface area contributed by atoms with Crippen LogP contribution in [0.4, 0.5) is 4.39 Å². The van der Waals surface area contributed by atoms with E-state index >= 15 is 0 Å². The third kappa shape index (κ3) is 1.98. The van der Waals surface area contributed by atoms with E-state index in [9.17, 15) is 9.18 Å². The predicted molar refractivity (Wildman–Crippen MR) is 64.9 cm³/mol. The number of carboxylic acid groups (broad SMARTS) is 1. The molecule has 0 amide bonds. The third-order valence-corrected chi connectivity index (χ3v) is 4.69. The van der Waals surface area contributed by atoms with Crippen LogP contribution in [0, 0.1) is 17.3 Å². The van der Waals surface area contributed by atoms with Crippen LogP contribution in [-0.2, 0) is 4.79 Å². The maximum Gasteiger partial charge on any atom is 0.310 e. The van der Waals surface area contributed by atoms with Crippen molar-refractivity contribution in [1.29, 1.82) is 0 Å². The van der Waals surface area contributed by atoms with Crippen molar-refractivity contribution in [3.63, 3.8) is 0 Å². The van der Waals surface area contributed by atoms with Crippen molar-refractivity contribution in [3.05, 3.63) is 23.0 Å². The fourth-order valence-electron chi connectivity index (χ4n) is 2.50. The van der Waals surface area contributed by atoms with E-state index in [4.69, 9.17) is 39.9 Å². The molecule has 6 heteroatoms. The quantitative estimate of drug-likeness (QED) is 0.786. The molecule has 1 fully saturated rings. The number of allylic oxidation sites excluding steroid dienone is 4. The Morgan fingerprint density at radius 2 is 2.18 bits per heavy atom. The highest BCUT2D eigenvalue weighted by Gasteiger charge is 2.72. The Kier molecular flexibility index (Phi) is 3.00. The molecule has 2 nitrogen and oxygen atoms in total. The first-order valence-electron chi connectivity index (χ1n) is 5.04. The second kappa shape index (κ2) is 3.87. The monoisotopic (exact) mass is 298 g/mol. The second-order valence-corrected chi connectivity index (χ2v) is 6.64. The summed E-state index contributed by atoms with van der Waals surface area (Å²) in [5.74, 6) is -2.84. The molecule has 3 atom stereocenters. The van der Waals surface area contributed by atoms with Crippen molar-refractivity contribution in [1.82, 2.24) is 0 Å². The van der Waals surface area contributed by atoms with E-state index in [1.165, 1.54) is 6.08 Å². The zero-order valence-electron chi connectivity index (χ0n) is 8.88. The van der Waals surface area contributed by atoms with Crippen LogP contribution < -0.4 is 0 Å². The van der Waals surface area contributed by atoms with Gasteiger partial charge in [-0.25, -0.2) is 4.39 Å². The molecular formula is C11H10Cl3FO2. The predicted octanol–water partition coefficient (Wildman–Crippen LogP) is 3.88. The van der Waals surface area contributed by atoms with Crippen molar-refractivity contribution in [3.8, 4) is 0 Å². The maximum atomic E-state index is 13.1. The fourth-order valence-corrected chi connectivity index (χ4v) is 3.91. The zero-order chi connectivity index (χ0) is 13.0. The normalized spacial score (nSPS) is 39.4. The van der Waals surface area contributed by atoms with Gasteiger partial charge in [-0.3, -0.25) is 4.79 Å². The van der Waals surface area contributed by atoms with Crippen LogP contribution in [0.3, 0.4) is 0 Å². The summed E-state index contributed by atoms with van der Waals surface area (Å²) in [5, 5.41) is 9.09. The molecule has 0 aromatic rings. The smallest absolute Gasteiger partial charge is 0.310 e. The van der Waals surface area contributed by atoms with Gasteiger partial charge in [-0.1, -0.05) is 24.6 Å².